The summed E-state index contributed by atoms with van der Waals surface area (Å²) in [5.74, 6) is 1.43. The SMILES string of the molecule is COc1cc(Br)ccc1-c1ncc(N[C@@H]2C[C@H]3CC[C@@H]([C@@H]2F)N3C(=O)OC(C)(C)C)nn1. The van der Waals surface area contributed by atoms with Crippen molar-refractivity contribution in [1.82, 2.24) is 20.1 Å². The molecule has 1 N–H and O–H groups in total. The molecule has 4 rings (SSSR count). The molecule has 0 saturated carbocycles. The number of benzene rings is 1. The first-order chi connectivity index (χ1) is 15.2. The Morgan fingerprint density at radius 1 is 1.28 bits per heavy atom. The number of methoxy groups -OCH3 is 1. The number of halogens is 2. The third kappa shape index (κ3) is 4.65. The van der Waals surface area contributed by atoms with Crippen LogP contribution in [0.5, 0.6) is 5.75 Å². The quantitative estimate of drug-likeness (QED) is 0.646. The maximum absolute atomic E-state index is 15.3. The minimum Gasteiger partial charge on any atom is -0.496 e. The molecule has 0 radical (unpaired) electrons. The van der Waals surface area contributed by atoms with Crippen molar-refractivity contribution in [3.63, 3.8) is 0 Å². The van der Waals surface area contributed by atoms with E-state index in [1.54, 1.807) is 18.2 Å². The number of aromatic nitrogens is 3. The largest absolute Gasteiger partial charge is 0.496 e. The van der Waals surface area contributed by atoms with Gasteiger partial charge in [-0.3, -0.25) is 4.90 Å². The smallest absolute Gasteiger partial charge is 0.410 e. The summed E-state index contributed by atoms with van der Waals surface area (Å²) in [6.07, 6.45) is 1.71. The summed E-state index contributed by atoms with van der Waals surface area (Å²) in [4.78, 5) is 18.6. The van der Waals surface area contributed by atoms with E-state index in [0.29, 0.717) is 35.8 Å². The maximum Gasteiger partial charge on any atom is 0.410 e. The number of nitrogens with zero attached hydrogens (tertiary/aromatic N) is 4. The molecule has 0 aliphatic carbocycles. The molecule has 1 amide bonds. The molecule has 2 aliphatic rings. The van der Waals surface area contributed by atoms with Gasteiger partial charge in [0.25, 0.3) is 0 Å². The van der Waals surface area contributed by atoms with Crippen molar-refractivity contribution >= 4 is 27.8 Å². The summed E-state index contributed by atoms with van der Waals surface area (Å²) in [5.41, 5.74) is 0.0969. The monoisotopic (exact) mass is 507 g/mol. The van der Waals surface area contributed by atoms with Gasteiger partial charge in [0.05, 0.1) is 31.0 Å². The third-order valence-corrected chi connectivity index (χ3v) is 6.22. The van der Waals surface area contributed by atoms with Gasteiger partial charge in [-0.2, -0.15) is 0 Å². The molecule has 32 heavy (non-hydrogen) atoms. The summed E-state index contributed by atoms with van der Waals surface area (Å²) in [6.45, 7) is 5.44. The summed E-state index contributed by atoms with van der Waals surface area (Å²) in [6, 6.07) is 4.49. The van der Waals surface area contributed by atoms with Gasteiger partial charge in [0.2, 0.25) is 0 Å². The Kier molecular flexibility index (Phi) is 6.24. The van der Waals surface area contributed by atoms with Gasteiger partial charge < -0.3 is 14.8 Å². The van der Waals surface area contributed by atoms with Crippen LogP contribution in [0.4, 0.5) is 15.0 Å². The lowest BCUT2D eigenvalue weighted by Crippen LogP contribution is -2.57. The van der Waals surface area contributed by atoms with Crippen molar-refractivity contribution < 1.29 is 18.7 Å². The van der Waals surface area contributed by atoms with Crippen LogP contribution in [0.25, 0.3) is 11.4 Å². The summed E-state index contributed by atoms with van der Waals surface area (Å²) < 4.78 is 27.1. The molecule has 2 bridgehead atoms. The fraction of sp³-hybridized carbons (Fsp3) is 0.545. The number of alkyl halides is 1. The van der Waals surface area contributed by atoms with E-state index in [0.717, 1.165) is 10.9 Å². The van der Waals surface area contributed by atoms with Crippen LogP contribution in [-0.2, 0) is 4.74 Å². The molecule has 10 heteroatoms. The highest BCUT2D eigenvalue weighted by molar-refractivity contribution is 9.10. The maximum atomic E-state index is 15.3. The van der Waals surface area contributed by atoms with Crippen LogP contribution in [-0.4, -0.2) is 63.2 Å². The zero-order valence-electron chi connectivity index (χ0n) is 18.5. The second-order valence-electron chi connectivity index (χ2n) is 9.13. The molecular weight excluding hydrogens is 481 g/mol. The number of nitrogens with one attached hydrogen (secondary N) is 1. The number of hydrogen-bond donors (Lipinski definition) is 1. The number of rotatable bonds is 4. The van der Waals surface area contributed by atoms with Gasteiger partial charge in [0.1, 0.15) is 17.5 Å². The Labute approximate surface area is 195 Å². The van der Waals surface area contributed by atoms with E-state index in [2.05, 4.69) is 36.4 Å². The van der Waals surface area contributed by atoms with Gasteiger partial charge in [-0.05, 0) is 58.2 Å². The minimum absolute atomic E-state index is 0.0634. The van der Waals surface area contributed by atoms with Gasteiger partial charge >= 0.3 is 6.09 Å². The van der Waals surface area contributed by atoms with Gasteiger partial charge in [-0.25, -0.2) is 14.2 Å². The summed E-state index contributed by atoms with van der Waals surface area (Å²) in [5, 5.41) is 11.5. The number of ether oxygens (including phenoxy) is 2. The molecule has 8 nitrogen and oxygen atoms in total. The first-order valence-electron chi connectivity index (χ1n) is 10.6. The van der Waals surface area contributed by atoms with E-state index in [9.17, 15) is 4.79 Å². The molecule has 172 valence electrons. The highest BCUT2D eigenvalue weighted by Gasteiger charge is 2.51. The van der Waals surface area contributed by atoms with Gasteiger partial charge in [0.15, 0.2) is 11.6 Å². The molecule has 3 heterocycles. The molecular formula is C22H27BrFN5O3. The van der Waals surface area contributed by atoms with Crippen LogP contribution < -0.4 is 10.1 Å². The van der Waals surface area contributed by atoms with Crippen LogP contribution >= 0.6 is 15.9 Å². The van der Waals surface area contributed by atoms with Crippen molar-refractivity contribution in [2.75, 3.05) is 12.4 Å². The van der Waals surface area contributed by atoms with E-state index in [-0.39, 0.29) is 6.04 Å². The normalized spacial score (nSPS) is 24.9. The van der Waals surface area contributed by atoms with E-state index >= 15 is 4.39 Å². The molecule has 0 spiro atoms. The predicted molar refractivity (Wildman–Crippen MR) is 121 cm³/mol. The number of anilines is 1. The van der Waals surface area contributed by atoms with Gasteiger partial charge in [-0.15, -0.1) is 10.2 Å². The fourth-order valence-electron chi connectivity index (χ4n) is 4.39. The fourth-order valence-corrected chi connectivity index (χ4v) is 4.73. The highest BCUT2D eigenvalue weighted by atomic mass is 79.9. The predicted octanol–water partition coefficient (Wildman–Crippen LogP) is 4.60. The number of hydrogen-bond acceptors (Lipinski definition) is 7. The van der Waals surface area contributed by atoms with E-state index in [1.165, 1.54) is 0 Å². The Hall–Kier alpha value is -2.49. The van der Waals surface area contributed by atoms with E-state index < -0.39 is 29.9 Å². The van der Waals surface area contributed by atoms with Crippen molar-refractivity contribution in [3.05, 3.63) is 28.9 Å². The van der Waals surface area contributed by atoms with Crippen LogP contribution in [0, 0.1) is 0 Å². The molecule has 1 aromatic carbocycles. The molecule has 2 aromatic rings. The van der Waals surface area contributed by atoms with Crippen LogP contribution in [0.15, 0.2) is 28.9 Å². The topological polar surface area (TPSA) is 89.5 Å². The molecule has 2 aliphatic heterocycles. The summed E-state index contributed by atoms with van der Waals surface area (Å²) >= 11 is 3.41. The second-order valence-corrected chi connectivity index (χ2v) is 10.0. The zero-order valence-corrected chi connectivity index (χ0v) is 20.1. The lowest BCUT2D eigenvalue weighted by atomic mass is 9.95. The first kappa shape index (κ1) is 22.7. The van der Waals surface area contributed by atoms with Gasteiger partial charge in [0, 0.05) is 10.5 Å². The average Bonchev–Trinajstić information content (AvgIpc) is 3.09. The lowest BCUT2D eigenvalue weighted by molar-refractivity contribution is -0.00834. The Morgan fingerprint density at radius 3 is 2.72 bits per heavy atom. The lowest BCUT2D eigenvalue weighted by Gasteiger charge is -2.41. The zero-order chi connectivity index (χ0) is 23.0. The number of carbonyl (C=O) groups excluding carboxylic acids is 1. The van der Waals surface area contributed by atoms with Crippen molar-refractivity contribution in [2.45, 2.75) is 69.9 Å². The van der Waals surface area contributed by atoms with E-state index in [1.807, 2.05) is 39.0 Å². The average molecular weight is 508 g/mol. The molecule has 2 saturated heterocycles. The minimum atomic E-state index is -1.24. The second kappa shape index (κ2) is 8.80. The van der Waals surface area contributed by atoms with Crippen LogP contribution in [0.3, 0.4) is 0 Å². The first-order valence-corrected chi connectivity index (χ1v) is 11.4. The number of piperidine rings is 1. The highest BCUT2D eigenvalue weighted by Crippen LogP contribution is 2.39. The van der Waals surface area contributed by atoms with Crippen molar-refractivity contribution in [3.8, 4) is 17.1 Å². The van der Waals surface area contributed by atoms with E-state index in [4.69, 9.17) is 9.47 Å². The number of carbonyl (C=O) groups is 1. The van der Waals surface area contributed by atoms with Crippen molar-refractivity contribution in [1.29, 1.82) is 0 Å². The molecule has 4 atom stereocenters. The number of amides is 1. The molecule has 2 fully saturated rings. The third-order valence-electron chi connectivity index (χ3n) is 5.73. The Bertz CT molecular complexity index is 985. The molecule has 1 aromatic heterocycles. The van der Waals surface area contributed by atoms with Crippen molar-refractivity contribution in [2.24, 2.45) is 0 Å². The van der Waals surface area contributed by atoms with Gasteiger partial charge in [-0.1, -0.05) is 15.9 Å². The standard InChI is InChI=1S/C22H27BrFN5O3/c1-22(2,3)32-21(30)29-13-6-8-16(29)19(24)15(10-13)26-18-11-25-20(28-27-18)14-7-5-12(23)9-17(14)31-4/h5,7,9,11,13,15-16,19H,6,8,10H2,1-4H3,(H,26,27)/t13-,15-,16+,19-/m1/s1. The Balaban J connectivity index is 1.45. The summed E-state index contributed by atoms with van der Waals surface area (Å²) in [7, 11) is 1.58. The Morgan fingerprint density at radius 2 is 2.06 bits per heavy atom. The number of fused-ring (bicyclic) bond motifs is 2. The van der Waals surface area contributed by atoms with Crippen LogP contribution in [0.2, 0.25) is 0 Å². The molecule has 0 unspecified atom stereocenters. The van der Waals surface area contributed by atoms with Crippen LogP contribution in [0.1, 0.15) is 40.0 Å².